The molecule has 1 saturated heterocycles. The van der Waals surface area contributed by atoms with E-state index in [2.05, 4.69) is 42.1 Å². The van der Waals surface area contributed by atoms with Gasteiger partial charge in [0.1, 0.15) is 0 Å². The fraction of sp³-hybridized carbons (Fsp3) is 0.588. The molecule has 2 N–H and O–H groups in total. The molecule has 1 amide bonds. The first-order chi connectivity index (χ1) is 11.2. The van der Waals surface area contributed by atoms with Crippen LogP contribution in [0.4, 0.5) is 0 Å². The fourth-order valence-corrected chi connectivity index (χ4v) is 3.34. The lowest BCUT2D eigenvalue weighted by atomic mass is 9.90. The number of nitrogens with two attached hydrogens (primary N) is 1. The molecule has 0 spiro atoms. The third-order valence-electron chi connectivity index (χ3n) is 4.64. The summed E-state index contributed by atoms with van der Waals surface area (Å²) in [5.74, 6) is -0.308. The molecule has 0 saturated carbocycles. The first-order valence-corrected chi connectivity index (χ1v) is 8.28. The Morgan fingerprint density at radius 3 is 2.54 bits per heavy atom. The predicted octanol–water partition coefficient (Wildman–Crippen LogP) is 1.07. The zero-order valence-corrected chi connectivity index (χ0v) is 14.8. The molecule has 3 heterocycles. The molecule has 3 rings (SSSR count). The summed E-state index contributed by atoms with van der Waals surface area (Å²) < 4.78 is 3.74. The lowest BCUT2D eigenvalue weighted by molar-refractivity contribution is -0.121. The van der Waals surface area contributed by atoms with Gasteiger partial charge in [0, 0.05) is 50.6 Å². The van der Waals surface area contributed by atoms with Gasteiger partial charge in [-0.2, -0.15) is 10.2 Å². The summed E-state index contributed by atoms with van der Waals surface area (Å²) in [6.45, 7) is 8.63. The molecule has 24 heavy (non-hydrogen) atoms. The summed E-state index contributed by atoms with van der Waals surface area (Å²) in [7, 11) is 1.89. The Kier molecular flexibility index (Phi) is 4.21. The summed E-state index contributed by atoms with van der Waals surface area (Å²) in [6.07, 6.45) is 7.79. The zero-order valence-electron chi connectivity index (χ0n) is 14.8. The number of rotatable bonds is 4. The summed E-state index contributed by atoms with van der Waals surface area (Å²) >= 11 is 0. The van der Waals surface area contributed by atoms with Crippen molar-refractivity contribution in [2.24, 2.45) is 18.7 Å². The molecule has 1 aliphatic heterocycles. The van der Waals surface area contributed by atoms with Gasteiger partial charge in [0.25, 0.3) is 0 Å². The number of likely N-dealkylation sites (tertiary alicyclic amines) is 1. The molecule has 7 heteroatoms. The molecule has 7 nitrogen and oxygen atoms in total. The third kappa shape index (κ3) is 3.36. The summed E-state index contributed by atoms with van der Waals surface area (Å²) in [5, 5.41) is 8.68. The largest absolute Gasteiger partial charge is 0.369 e. The lowest BCUT2D eigenvalue weighted by Gasteiger charge is -2.19. The van der Waals surface area contributed by atoms with E-state index in [9.17, 15) is 4.79 Å². The van der Waals surface area contributed by atoms with Gasteiger partial charge in [-0.25, -0.2) is 0 Å². The smallest absolute Gasteiger partial charge is 0.222 e. The first-order valence-electron chi connectivity index (χ1n) is 8.28. The maximum atomic E-state index is 11.9. The van der Waals surface area contributed by atoms with Gasteiger partial charge in [0.2, 0.25) is 5.91 Å². The van der Waals surface area contributed by atoms with Crippen LogP contribution in [0.15, 0.2) is 24.8 Å². The van der Waals surface area contributed by atoms with Gasteiger partial charge < -0.3 is 5.73 Å². The van der Waals surface area contributed by atoms with Crippen LogP contribution in [0.5, 0.6) is 0 Å². The van der Waals surface area contributed by atoms with Crippen LogP contribution in [0.1, 0.15) is 37.8 Å². The Hall–Kier alpha value is -2.15. The Balaban J connectivity index is 1.74. The van der Waals surface area contributed by atoms with Gasteiger partial charge in [-0.05, 0) is 26.3 Å². The predicted molar refractivity (Wildman–Crippen MR) is 91.1 cm³/mol. The van der Waals surface area contributed by atoms with Gasteiger partial charge in [-0.1, -0.05) is 0 Å². The van der Waals surface area contributed by atoms with Crippen molar-refractivity contribution in [1.82, 2.24) is 24.5 Å². The maximum Gasteiger partial charge on any atom is 0.222 e. The van der Waals surface area contributed by atoms with Crippen molar-refractivity contribution in [3.63, 3.8) is 0 Å². The number of carbonyl (C=O) groups is 1. The zero-order chi connectivity index (χ0) is 17.5. The molecule has 0 aliphatic carbocycles. The van der Waals surface area contributed by atoms with Crippen LogP contribution in [0.2, 0.25) is 0 Å². The standard InChI is InChI=1S/C17H26N6O/c1-17(2,3)23-8-12(5-20-23)7-22-10-14(15(11-22)16(18)24)13-6-19-21(4)9-13/h5-6,8-9,14-15H,7,10-11H2,1-4H3,(H2,18,24)/t14-,15+/m1/s1. The number of aryl methyl sites for hydroxylation is 1. The Bertz CT molecular complexity index is 726. The number of hydrogen-bond acceptors (Lipinski definition) is 4. The topological polar surface area (TPSA) is 82.0 Å². The Labute approximate surface area is 142 Å². The van der Waals surface area contributed by atoms with Gasteiger partial charge in [0.15, 0.2) is 0 Å². The van der Waals surface area contributed by atoms with Crippen molar-refractivity contribution in [2.75, 3.05) is 13.1 Å². The number of amides is 1. The van der Waals surface area contributed by atoms with Crippen molar-refractivity contribution in [2.45, 2.75) is 38.8 Å². The highest BCUT2D eigenvalue weighted by Gasteiger charge is 2.38. The monoisotopic (exact) mass is 330 g/mol. The molecule has 2 aromatic heterocycles. The highest BCUT2D eigenvalue weighted by molar-refractivity contribution is 5.78. The summed E-state index contributed by atoms with van der Waals surface area (Å²) in [4.78, 5) is 14.2. The second-order valence-electron chi connectivity index (χ2n) is 7.72. The summed E-state index contributed by atoms with van der Waals surface area (Å²) in [5.41, 5.74) is 7.84. The minimum atomic E-state index is -0.239. The fourth-order valence-electron chi connectivity index (χ4n) is 3.34. The molecule has 1 aliphatic rings. The molecule has 130 valence electrons. The molecular formula is C17H26N6O. The van der Waals surface area contributed by atoms with Crippen LogP contribution in [0.3, 0.4) is 0 Å². The van der Waals surface area contributed by atoms with E-state index in [4.69, 9.17) is 5.73 Å². The molecule has 0 unspecified atom stereocenters. The molecular weight excluding hydrogens is 304 g/mol. The quantitative estimate of drug-likeness (QED) is 0.909. The number of hydrogen-bond donors (Lipinski definition) is 1. The summed E-state index contributed by atoms with van der Waals surface area (Å²) in [6, 6.07) is 0. The van der Waals surface area contributed by atoms with Crippen LogP contribution >= 0.6 is 0 Å². The van der Waals surface area contributed by atoms with Crippen molar-refractivity contribution in [3.8, 4) is 0 Å². The van der Waals surface area contributed by atoms with Crippen molar-refractivity contribution in [3.05, 3.63) is 35.9 Å². The van der Waals surface area contributed by atoms with E-state index in [-0.39, 0.29) is 23.3 Å². The Morgan fingerprint density at radius 1 is 1.25 bits per heavy atom. The molecule has 0 bridgehead atoms. The molecule has 2 atom stereocenters. The average molecular weight is 330 g/mol. The molecule has 0 aromatic carbocycles. The van der Waals surface area contributed by atoms with E-state index in [0.717, 1.165) is 24.2 Å². The van der Waals surface area contributed by atoms with Crippen molar-refractivity contribution in [1.29, 1.82) is 0 Å². The van der Waals surface area contributed by atoms with E-state index in [1.54, 1.807) is 4.68 Å². The van der Waals surface area contributed by atoms with E-state index in [1.165, 1.54) is 0 Å². The normalized spacial score (nSPS) is 22.2. The molecule has 0 radical (unpaired) electrons. The number of carbonyl (C=O) groups excluding carboxylic acids is 1. The van der Waals surface area contributed by atoms with Crippen LogP contribution in [0.25, 0.3) is 0 Å². The number of aromatic nitrogens is 4. The number of primary amides is 1. The first kappa shape index (κ1) is 16.7. The van der Waals surface area contributed by atoms with Gasteiger partial charge >= 0.3 is 0 Å². The SMILES string of the molecule is Cn1cc([C@H]2CN(Cc3cnn(C(C)(C)C)c3)C[C@@H]2C(N)=O)cn1. The lowest BCUT2D eigenvalue weighted by Crippen LogP contribution is -2.29. The molecule has 2 aromatic rings. The second kappa shape index (κ2) is 6.05. The number of nitrogens with zero attached hydrogens (tertiary/aromatic N) is 5. The maximum absolute atomic E-state index is 11.9. The van der Waals surface area contributed by atoms with Gasteiger partial charge in [0.05, 0.1) is 23.9 Å². The van der Waals surface area contributed by atoms with Crippen molar-refractivity contribution >= 4 is 5.91 Å². The van der Waals surface area contributed by atoms with Crippen molar-refractivity contribution < 1.29 is 4.79 Å². The van der Waals surface area contributed by atoms with Crippen LogP contribution in [0, 0.1) is 5.92 Å². The minimum absolute atomic E-state index is 0.0305. The van der Waals surface area contributed by atoms with E-state index in [0.29, 0.717) is 6.54 Å². The van der Waals surface area contributed by atoms with Crippen LogP contribution < -0.4 is 5.73 Å². The van der Waals surface area contributed by atoms with Gasteiger partial charge in [-0.15, -0.1) is 0 Å². The van der Waals surface area contributed by atoms with Gasteiger partial charge in [-0.3, -0.25) is 19.1 Å². The van der Waals surface area contributed by atoms with E-state index in [1.807, 2.05) is 30.3 Å². The molecule has 1 fully saturated rings. The van der Waals surface area contributed by atoms with E-state index < -0.39 is 0 Å². The minimum Gasteiger partial charge on any atom is -0.369 e. The average Bonchev–Trinajstić information content (AvgIpc) is 3.17. The van der Waals surface area contributed by atoms with Crippen LogP contribution in [-0.4, -0.2) is 43.5 Å². The third-order valence-corrected chi connectivity index (χ3v) is 4.64. The highest BCUT2D eigenvalue weighted by Crippen LogP contribution is 2.33. The van der Waals surface area contributed by atoms with Crippen LogP contribution in [-0.2, 0) is 23.9 Å². The van der Waals surface area contributed by atoms with E-state index >= 15 is 0 Å². The highest BCUT2D eigenvalue weighted by atomic mass is 16.1. The Morgan fingerprint density at radius 2 is 2.00 bits per heavy atom. The second-order valence-corrected chi connectivity index (χ2v) is 7.72.